The predicted octanol–water partition coefficient (Wildman–Crippen LogP) is 7.30. The first kappa shape index (κ1) is 27.8. The second-order valence-corrected chi connectivity index (χ2v) is 13.3. The summed E-state index contributed by atoms with van der Waals surface area (Å²) >= 11 is 0. The van der Waals surface area contributed by atoms with Crippen molar-refractivity contribution in [1.29, 1.82) is 0 Å². The Morgan fingerprint density at radius 3 is 1.95 bits per heavy atom. The summed E-state index contributed by atoms with van der Waals surface area (Å²) in [6.45, 7) is 12.5. The van der Waals surface area contributed by atoms with Gasteiger partial charge in [-0.1, -0.05) is 107 Å². The van der Waals surface area contributed by atoms with Crippen molar-refractivity contribution >= 4 is 16.0 Å². The van der Waals surface area contributed by atoms with Crippen molar-refractivity contribution in [3.8, 4) is 0 Å². The molecular weight excluding hydrogens is 494 g/mol. The Morgan fingerprint density at radius 1 is 0.895 bits per heavy atom. The summed E-state index contributed by atoms with van der Waals surface area (Å²) in [7, 11) is -4.08. The van der Waals surface area contributed by atoms with Crippen LogP contribution in [-0.2, 0) is 20.2 Å². The van der Waals surface area contributed by atoms with Crippen LogP contribution in [0.2, 0.25) is 0 Å². The highest BCUT2D eigenvalue weighted by Crippen LogP contribution is 2.46. The molecule has 1 aliphatic rings. The van der Waals surface area contributed by atoms with Crippen LogP contribution in [-0.4, -0.2) is 23.8 Å². The van der Waals surface area contributed by atoms with E-state index in [0.717, 1.165) is 22.3 Å². The van der Waals surface area contributed by atoms with Crippen LogP contribution in [0.1, 0.15) is 86.9 Å². The van der Waals surface area contributed by atoms with Gasteiger partial charge in [0.1, 0.15) is 0 Å². The first-order chi connectivity index (χ1) is 17.8. The van der Waals surface area contributed by atoms with Crippen LogP contribution in [0, 0.1) is 6.92 Å². The highest BCUT2D eigenvalue weighted by Gasteiger charge is 2.44. The van der Waals surface area contributed by atoms with E-state index in [-0.39, 0.29) is 22.3 Å². The minimum Gasteiger partial charge on any atom is -0.478 e. The maximum atomic E-state index is 14.3. The molecule has 5 nitrogen and oxygen atoms in total. The van der Waals surface area contributed by atoms with Gasteiger partial charge < -0.3 is 5.11 Å². The van der Waals surface area contributed by atoms with Gasteiger partial charge in [-0.05, 0) is 59.1 Å². The van der Waals surface area contributed by atoms with Gasteiger partial charge in [0.05, 0.1) is 22.6 Å². The number of sulfonamides is 1. The lowest BCUT2D eigenvalue weighted by Gasteiger charge is -2.41. The molecule has 0 fully saturated rings. The Balaban J connectivity index is 1.93. The lowest BCUT2D eigenvalue weighted by Crippen LogP contribution is -2.42. The predicted molar refractivity (Wildman–Crippen MR) is 152 cm³/mol. The topological polar surface area (TPSA) is 74.7 Å². The van der Waals surface area contributed by atoms with Gasteiger partial charge in [0.2, 0.25) is 10.0 Å². The molecule has 3 aromatic rings. The first-order valence-corrected chi connectivity index (χ1v) is 14.5. The van der Waals surface area contributed by atoms with E-state index < -0.39 is 28.1 Å². The summed E-state index contributed by atoms with van der Waals surface area (Å²) in [5.74, 6) is -0.775. The van der Waals surface area contributed by atoms with Crippen molar-refractivity contribution in [3.63, 3.8) is 0 Å². The van der Waals surface area contributed by atoms with E-state index >= 15 is 0 Å². The van der Waals surface area contributed by atoms with Crippen molar-refractivity contribution in [2.75, 3.05) is 0 Å². The van der Waals surface area contributed by atoms with Gasteiger partial charge in [-0.25, -0.2) is 13.2 Å². The fourth-order valence-electron chi connectivity index (χ4n) is 4.99. The number of nitrogens with zero attached hydrogens (tertiary/aromatic N) is 1. The smallest absolute Gasteiger partial charge is 0.333 e. The number of hydrogen-bond acceptors (Lipinski definition) is 3. The molecule has 3 aromatic carbocycles. The summed E-state index contributed by atoms with van der Waals surface area (Å²) in [6, 6.07) is 20.9. The lowest BCUT2D eigenvalue weighted by atomic mass is 9.84. The molecule has 6 heteroatoms. The van der Waals surface area contributed by atoms with Crippen LogP contribution in [0.3, 0.4) is 0 Å². The number of benzene rings is 3. The molecule has 1 N–H and O–H groups in total. The molecule has 0 saturated carbocycles. The van der Waals surface area contributed by atoms with E-state index in [1.54, 1.807) is 30.3 Å². The van der Waals surface area contributed by atoms with E-state index in [0.29, 0.717) is 11.5 Å². The van der Waals surface area contributed by atoms with Gasteiger partial charge in [-0.15, -0.1) is 0 Å². The molecule has 0 spiro atoms. The number of rotatable bonds is 6. The quantitative estimate of drug-likeness (QED) is 0.362. The Kier molecular flexibility index (Phi) is 7.69. The third-order valence-corrected chi connectivity index (χ3v) is 9.23. The van der Waals surface area contributed by atoms with Crippen molar-refractivity contribution in [2.45, 2.75) is 76.3 Å². The molecule has 38 heavy (non-hydrogen) atoms. The van der Waals surface area contributed by atoms with E-state index in [9.17, 15) is 18.3 Å². The molecule has 2 atom stereocenters. The fourth-order valence-corrected chi connectivity index (χ4v) is 6.77. The SMILES string of the molecule is Cc1ccc(S(=O)(=O)N2[C@@H](c3ccc(C(C)(C)C)cc3)C(C(=O)O)=CC[C@H]2c2ccc(C(C)C)cc2)cc1. The molecule has 200 valence electrons. The summed E-state index contributed by atoms with van der Waals surface area (Å²) in [5.41, 5.74) is 4.64. The number of aliphatic carboxylic acids is 1. The van der Waals surface area contributed by atoms with Crippen molar-refractivity contribution in [1.82, 2.24) is 4.31 Å². The van der Waals surface area contributed by atoms with E-state index in [4.69, 9.17) is 0 Å². The summed E-state index contributed by atoms with van der Waals surface area (Å²) < 4.78 is 30.1. The third kappa shape index (κ3) is 5.47. The molecule has 0 saturated heterocycles. The van der Waals surface area contributed by atoms with Crippen molar-refractivity contribution in [3.05, 3.63) is 112 Å². The van der Waals surface area contributed by atoms with Gasteiger partial charge >= 0.3 is 5.97 Å². The Hall–Kier alpha value is -3.22. The molecule has 1 aliphatic heterocycles. The van der Waals surface area contributed by atoms with Crippen molar-refractivity contribution < 1.29 is 18.3 Å². The molecule has 0 aromatic heterocycles. The maximum absolute atomic E-state index is 14.3. The summed E-state index contributed by atoms with van der Waals surface area (Å²) in [6.07, 6.45) is 1.96. The number of carboxylic acids is 1. The van der Waals surface area contributed by atoms with Gasteiger partial charge in [-0.2, -0.15) is 4.31 Å². The minimum atomic E-state index is -4.08. The zero-order valence-electron chi connectivity index (χ0n) is 23.0. The highest BCUT2D eigenvalue weighted by molar-refractivity contribution is 7.89. The Morgan fingerprint density at radius 2 is 1.45 bits per heavy atom. The van der Waals surface area contributed by atoms with Gasteiger partial charge in [0, 0.05) is 0 Å². The molecule has 1 heterocycles. The summed E-state index contributed by atoms with van der Waals surface area (Å²) in [4.78, 5) is 12.6. The average Bonchev–Trinajstić information content (AvgIpc) is 2.87. The minimum absolute atomic E-state index is 0.0687. The zero-order chi connectivity index (χ0) is 27.8. The molecule has 0 unspecified atom stereocenters. The van der Waals surface area contributed by atoms with E-state index in [1.165, 1.54) is 4.31 Å². The zero-order valence-corrected chi connectivity index (χ0v) is 23.8. The fraction of sp³-hybridized carbons (Fsp3) is 0.344. The van der Waals surface area contributed by atoms with Gasteiger partial charge in [-0.3, -0.25) is 0 Å². The van der Waals surface area contributed by atoms with Crippen LogP contribution in [0.5, 0.6) is 0 Å². The van der Waals surface area contributed by atoms with Crippen LogP contribution < -0.4 is 0 Å². The van der Waals surface area contributed by atoms with Crippen LogP contribution in [0.15, 0.2) is 89.3 Å². The number of aryl methyl sites for hydroxylation is 1. The monoisotopic (exact) mass is 531 g/mol. The summed E-state index contributed by atoms with van der Waals surface area (Å²) in [5, 5.41) is 10.2. The molecule has 0 aliphatic carbocycles. The highest BCUT2D eigenvalue weighted by atomic mass is 32.2. The standard InChI is InChI=1S/C32H37NO4S/c1-21(2)23-9-11-24(12-10-23)29-20-19-28(31(34)35)30(25-13-15-26(16-14-25)32(4,5)6)33(29)38(36,37)27-17-7-22(3)8-18-27/h7-19,21,29-30H,20H2,1-6H3,(H,34,35)/t29-,30-/m0/s1. The first-order valence-electron chi connectivity index (χ1n) is 13.0. The molecule has 0 bridgehead atoms. The van der Waals surface area contributed by atoms with Crippen LogP contribution in [0.25, 0.3) is 0 Å². The third-order valence-electron chi connectivity index (χ3n) is 7.34. The molecular formula is C32H37NO4S. The van der Waals surface area contributed by atoms with E-state index in [2.05, 4.69) is 34.6 Å². The average molecular weight is 532 g/mol. The second kappa shape index (κ2) is 10.5. The number of carbonyl (C=O) groups is 1. The molecule has 4 rings (SSSR count). The maximum Gasteiger partial charge on any atom is 0.333 e. The molecule has 0 radical (unpaired) electrons. The number of carboxylic acid groups (broad SMARTS) is 1. The molecule has 0 amide bonds. The van der Waals surface area contributed by atoms with Crippen molar-refractivity contribution in [2.24, 2.45) is 0 Å². The lowest BCUT2D eigenvalue weighted by molar-refractivity contribution is -0.133. The van der Waals surface area contributed by atoms with Gasteiger partial charge in [0.25, 0.3) is 0 Å². The number of hydrogen-bond donors (Lipinski definition) is 1. The Labute approximate surface area is 226 Å². The van der Waals surface area contributed by atoms with Crippen LogP contribution >= 0.6 is 0 Å². The normalized spacial score (nSPS) is 18.9. The van der Waals surface area contributed by atoms with Crippen LogP contribution in [0.4, 0.5) is 0 Å². The second-order valence-electron chi connectivity index (χ2n) is 11.5. The Bertz CT molecular complexity index is 1430. The van der Waals surface area contributed by atoms with Gasteiger partial charge in [0.15, 0.2) is 0 Å². The van der Waals surface area contributed by atoms with E-state index in [1.807, 2.05) is 55.5 Å². The largest absolute Gasteiger partial charge is 0.478 e.